The fourth-order valence-electron chi connectivity index (χ4n) is 3.05. The molecule has 0 aliphatic carbocycles. The number of hydrogen-bond donors (Lipinski definition) is 1. The third kappa shape index (κ3) is 1.55. The standard InChI is InChI=1S/C12H14BrN5/c13-10-5-15-11-1-2-12(16-18(10)11)17-6-8-3-14-4-9(8)7-17/h1-2,5,8-9,14H,3-4,6-7H2/t8-,9+. The molecule has 0 amide bonds. The SMILES string of the molecule is Brc1cnc2ccc(N3C[C@H]4CNC[C@H]4C3)nn12. The van der Waals surface area contributed by atoms with Gasteiger partial charge in [0.25, 0.3) is 0 Å². The molecule has 0 saturated carbocycles. The van der Waals surface area contributed by atoms with Gasteiger partial charge in [0.15, 0.2) is 5.65 Å². The lowest BCUT2D eigenvalue weighted by Gasteiger charge is -2.18. The summed E-state index contributed by atoms with van der Waals surface area (Å²) in [6.45, 7) is 4.53. The Kier molecular flexibility index (Phi) is 2.35. The smallest absolute Gasteiger partial charge is 0.154 e. The average molecular weight is 308 g/mol. The van der Waals surface area contributed by atoms with E-state index in [9.17, 15) is 0 Å². The van der Waals surface area contributed by atoms with Gasteiger partial charge in [0.2, 0.25) is 0 Å². The summed E-state index contributed by atoms with van der Waals surface area (Å²) < 4.78 is 2.75. The highest BCUT2D eigenvalue weighted by Crippen LogP contribution is 2.29. The van der Waals surface area contributed by atoms with E-state index in [-0.39, 0.29) is 0 Å². The summed E-state index contributed by atoms with van der Waals surface area (Å²) in [5, 5.41) is 8.12. The lowest BCUT2D eigenvalue weighted by Crippen LogP contribution is -2.26. The minimum atomic E-state index is 0.786. The molecule has 5 nitrogen and oxygen atoms in total. The number of imidazole rings is 1. The van der Waals surface area contributed by atoms with Gasteiger partial charge in [-0.1, -0.05) is 0 Å². The van der Waals surface area contributed by atoms with Gasteiger partial charge in [-0.05, 0) is 39.9 Å². The van der Waals surface area contributed by atoms with Crippen LogP contribution in [0.25, 0.3) is 5.65 Å². The molecular weight excluding hydrogens is 294 g/mol. The maximum absolute atomic E-state index is 4.66. The van der Waals surface area contributed by atoms with Crippen molar-refractivity contribution in [2.24, 2.45) is 11.8 Å². The molecule has 1 N–H and O–H groups in total. The molecule has 2 fully saturated rings. The van der Waals surface area contributed by atoms with Crippen LogP contribution in [0.2, 0.25) is 0 Å². The number of nitrogens with zero attached hydrogens (tertiary/aromatic N) is 4. The summed E-state index contributed by atoms with van der Waals surface area (Å²) in [6.07, 6.45) is 1.79. The molecule has 18 heavy (non-hydrogen) atoms. The topological polar surface area (TPSA) is 45.5 Å². The third-order valence-corrected chi connectivity index (χ3v) is 4.56. The molecule has 0 spiro atoms. The molecular formula is C12H14BrN5. The van der Waals surface area contributed by atoms with Crippen molar-refractivity contribution in [3.05, 3.63) is 22.9 Å². The monoisotopic (exact) mass is 307 g/mol. The van der Waals surface area contributed by atoms with E-state index in [1.54, 1.807) is 6.20 Å². The molecule has 2 aliphatic rings. The number of aromatic nitrogens is 3. The van der Waals surface area contributed by atoms with E-state index in [1.807, 2.05) is 10.6 Å². The summed E-state index contributed by atoms with van der Waals surface area (Å²) in [5.41, 5.74) is 0.881. The van der Waals surface area contributed by atoms with Crippen LogP contribution >= 0.6 is 15.9 Å². The second kappa shape index (κ2) is 3.93. The fourth-order valence-corrected chi connectivity index (χ4v) is 3.41. The maximum Gasteiger partial charge on any atom is 0.154 e. The normalized spacial score (nSPS) is 27.1. The van der Waals surface area contributed by atoms with Gasteiger partial charge in [0.05, 0.1) is 6.20 Å². The van der Waals surface area contributed by atoms with E-state index in [4.69, 9.17) is 0 Å². The average Bonchev–Trinajstić information content (AvgIpc) is 3.03. The first-order valence-corrected chi connectivity index (χ1v) is 7.06. The first-order chi connectivity index (χ1) is 8.81. The maximum atomic E-state index is 4.66. The van der Waals surface area contributed by atoms with Crippen LogP contribution in [0.3, 0.4) is 0 Å². The second-order valence-electron chi connectivity index (χ2n) is 5.13. The molecule has 2 atom stereocenters. The van der Waals surface area contributed by atoms with Crippen LogP contribution in [-0.2, 0) is 0 Å². The minimum Gasteiger partial charge on any atom is -0.355 e. The van der Waals surface area contributed by atoms with E-state index >= 15 is 0 Å². The number of fused-ring (bicyclic) bond motifs is 2. The lowest BCUT2D eigenvalue weighted by molar-refractivity contribution is 0.533. The van der Waals surface area contributed by atoms with Gasteiger partial charge in [-0.15, -0.1) is 5.10 Å². The Bertz CT molecular complexity index is 583. The Morgan fingerprint density at radius 2 is 2.00 bits per heavy atom. The van der Waals surface area contributed by atoms with Crippen LogP contribution in [0, 0.1) is 11.8 Å². The zero-order chi connectivity index (χ0) is 12.1. The molecule has 2 aromatic heterocycles. The van der Waals surface area contributed by atoms with E-state index in [0.29, 0.717) is 0 Å². The Labute approximate surface area is 113 Å². The van der Waals surface area contributed by atoms with Crippen LogP contribution in [-0.4, -0.2) is 40.8 Å². The number of hydrogen-bond acceptors (Lipinski definition) is 4. The van der Waals surface area contributed by atoms with Crippen molar-refractivity contribution in [2.75, 3.05) is 31.1 Å². The van der Waals surface area contributed by atoms with Gasteiger partial charge < -0.3 is 10.2 Å². The number of halogens is 1. The molecule has 94 valence electrons. The van der Waals surface area contributed by atoms with Gasteiger partial charge in [0.1, 0.15) is 10.4 Å². The number of rotatable bonds is 1. The van der Waals surface area contributed by atoms with Crippen molar-refractivity contribution >= 4 is 27.4 Å². The predicted octanol–water partition coefficient (Wildman–Crippen LogP) is 1.15. The zero-order valence-corrected chi connectivity index (χ0v) is 11.5. The quantitative estimate of drug-likeness (QED) is 0.858. The van der Waals surface area contributed by atoms with Crippen molar-refractivity contribution in [3.8, 4) is 0 Å². The molecule has 6 heteroatoms. The number of anilines is 1. The van der Waals surface area contributed by atoms with E-state index in [0.717, 1.165) is 54.1 Å². The van der Waals surface area contributed by atoms with Gasteiger partial charge >= 0.3 is 0 Å². The Balaban J connectivity index is 1.68. The predicted molar refractivity (Wildman–Crippen MR) is 72.7 cm³/mol. The molecule has 2 aromatic rings. The van der Waals surface area contributed by atoms with Crippen molar-refractivity contribution in [1.82, 2.24) is 19.9 Å². The molecule has 2 saturated heterocycles. The van der Waals surface area contributed by atoms with Crippen LogP contribution < -0.4 is 10.2 Å². The van der Waals surface area contributed by atoms with Crippen molar-refractivity contribution in [1.29, 1.82) is 0 Å². The second-order valence-corrected chi connectivity index (χ2v) is 5.94. The Morgan fingerprint density at radius 1 is 1.22 bits per heavy atom. The summed E-state index contributed by atoms with van der Waals surface area (Å²) in [7, 11) is 0. The van der Waals surface area contributed by atoms with Gasteiger partial charge in [-0.25, -0.2) is 9.50 Å². The summed E-state index contributed by atoms with van der Waals surface area (Å²) in [6, 6.07) is 4.10. The zero-order valence-electron chi connectivity index (χ0n) is 9.88. The molecule has 4 rings (SSSR count). The fraction of sp³-hybridized carbons (Fsp3) is 0.500. The third-order valence-electron chi connectivity index (χ3n) is 4.02. The van der Waals surface area contributed by atoms with Crippen molar-refractivity contribution in [3.63, 3.8) is 0 Å². The molecule has 2 aliphatic heterocycles. The Morgan fingerprint density at radius 3 is 2.78 bits per heavy atom. The molecule has 0 radical (unpaired) electrons. The number of nitrogens with one attached hydrogen (secondary N) is 1. The van der Waals surface area contributed by atoms with Crippen LogP contribution in [0.15, 0.2) is 22.9 Å². The van der Waals surface area contributed by atoms with Crippen LogP contribution in [0.1, 0.15) is 0 Å². The highest BCUT2D eigenvalue weighted by atomic mass is 79.9. The summed E-state index contributed by atoms with van der Waals surface area (Å²) in [5.74, 6) is 2.62. The van der Waals surface area contributed by atoms with Gasteiger partial charge in [-0.3, -0.25) is 0 Å². The highest BCUT2D eigenvalue weighted by molar-refractivity contribution is 9.10. The first kappa shape index (κ1) is 10.8. The summed E-state index contributed by atoms with van der Waals surface area (Å²) in [4.78, 5) is 6.66. The van der Waals surface area contributed by atoms with E-state index < -0.39 is 0 Å². The first-order valence-electron chi connectivity index (χ1n) is 6.27. The van der Waals surface area contributed by atoms with Gasteiger partial charge in [-0.2, -0.15) is 0 Å². The summed E-state index contributed by atoms with van der Waals surface area (Å²) >= 11 is 3.47. The van der Waals surface area contributed by atoms with E-state index in [2.05, 4.69) is 42.3 Å². The Hall–Kier alpha value is -1.14. The van der Waals surface area contributed by atoms with Crippen molar-refractivity contribution < 1.29 is 0 Å². The molecule has 0 bridgehead atoms. The van der Waals surface area contributed by atoms with Crippen LogP contribution in [0.4, 0.5) is 5.82 Å². The van der Waals surface area contributed by atoms with Gasteiger partial charge in [0, 0.05) is 26.2 Å². The minimum absolute atomic E-state index is 0.786. The lowest BCUT2D eigenvalue weighted by atomic mass is 10.0. The molecule has 0 aromatic carbocycles. The van der Waals surface area contributed by atoms with Crippen LogP contribution in [0.5, 0.6) is 0 Å². The highest BCUT2D eigenvalue weighted by Gasteiger charge is 2.36. The van der Waals surface area contributed by atoms with Crippen molar-refractivity contribution in [2.45, 2.75) is 0 Å². The molecule has 4 heterocycles. The van der Waals surface area contributed by atoms with E-state index in [1.165, 1.54) is 0 Å². The molecule has 0 unspecified atom stereocenters. The largest absolute Gasteiger partial charge is 0.355 e.